The van der Waals surface area contributed by atoms with Gasteiger partial charge in [0.1, 0.15) is 5.69 Å². The molecule has 2 heterocycles. The Balaban J connectivity index is 1.69. The minimum Gasteiger partial charge on any atom is -0.350 e. The van der Waals surface area contributed by atoms with Crippen LogP contribution in [-0.2, 0) is 13.0 Å². The van der Waals surface area contributed by atoms with Crippen LogP contribution in [0.5, 0.6) is 0 Å². The van der Waals surface area contributed by atoms with Gasteiger partial charge in [-0.25, -0.2) is 0 Å². The van der Waals surface area contributed by atoms with Gasteiger partial charge >= 0.3 is 0 Å². The first kappa shape index (κ1) is 14.3. The second kappa shape index (κ2) is 5.43. The smallest absolute Gasteiger partial charge is 0.270 e. The van der Waals surface area contributed by atoms with Gasteiger partial charge in [-0.15, -0.1) is 0 Å². The topological polar surface area (TPSA) is 36.1 Å². The number of aryl methyl sites for hydroxylation is 1. The van der Waals surface area contributed by atoms with Crippen LogP contribution in [0, 0.1) is 6.92 Å². The Kier molecular flexibility index (Phi) is 3.38. The minimum absolute atomic E-state index is 0.0596. The largest absolute Gasteiger partial charge is 0.350 e. The maximum absolute atomic E-state index is 12.9. The van der Waals surface area contributed by atoms with Gasteiger partial charge in [-0.05, 0) is 48.2 Å². The van der Waals surface area contributed by atoms with Crippen molar-refractivity contribution < 1.29 is 4.79 Å². The maximum Gasteiger partial charge on any atom is 0.270 e. The third-order valence-corrected chi connectivity index (χ3v) is 4.89. The molecule has 0 atom stereocenters. The number of fused-ring (bicyclic) bond motifs is 2. The van der Waals surface area contributed by atoms with Gasteiger partial charge in [0.2, 0.25) is 0 Å². The highest BCUT2D eigenvalue weighted by Gasteiger charge is 2.24. The molecule has 4 heteroatoms. The Morgan fingerprint density at radius 2 is 1.96 bits per heavy atom. The van der Waals surface area contributed by atoms with E-state index >= 15 is 0 Å². The number of aromatic amines is 1. The summed E-state index contributed by atoms with van der Waals surface area (Å²) in [6.45, 7) is 3.40. The summed E-state index contributed by atoms with van der Waals surface area (Å²) in [6.07, 6.45) is 0.910. The predicted octanol–water partition coefficient (Wildman–Crippen LogP) is 4.33. The third-order valence-electron chi connectivity index (χ3n) is 4.65. The summed E-state index contributed by atoms with van der Waals surface area (Å²) in [7, 11) is 0. The van der Waals surface area contributed by atoms with Crippen molar-refractivity contribution in [3.63, 3.8) is 0 Å². The Morgan fingerprint density at radius 1 is 1.17 bits per heavy atom. The normalized spacial score (nSPS) is 14.1. The molecule has 1 amide bonds. The second-order valence-electron chi connectivity index (χ2n) is 6.06. The van der Waals surface area contributed by atoms with Crippen LogP contribution in [-0.4, -0.2) is 22.3 Å². The van der Waals surface area contributed by atoms with Gasteiger partial charge in [0.15, 0.2) is 0 Å². The zero-order valence-electron chi connectivity index (χ0n) is 12.9. The summed E-state index contributed by atoms with van der Waals surface area (Å²) in [6, 6.07) is 14.0. The van der Waals surface area contributed by atoms with Gasteiger partial charge < -0.3 is 9.88 Å². The summed E-state index contributed by atoms with van der Waals surface area (Å²) < 4.78 is 0. The van der Waals surface area contributed by atoms with Gasteiger partial charge in [-0.2, -0.15) is 0 Å². The molecule has 23 heavy (non-hydrogen) atoms. The van der Waals surface area contributed by atoms with E-state index in [1.165, 1.54) is 11.1 Å². The molecular weight excluding hydrogens is 308 g/mol. The van der Waals surface area contributed by atoms with Crippen molar-refractivity contribution in [2.24, 2.45) is 0 Å². The molecule has 2 aromatic carbocycles. The number of nitrogens with zero attached hydrogens (tertiary/aromatic N) is 1. The molecular formula is C19H17ClN2O. The van der Waals surface area contributed by atoms with Gasteiger partial charge in [0.05, 0.1) is 0 Å². The van der Waals surface area contributed by atoms with Crippen LogP contribution in [0.3, 0.4) is 0 Å². The van der Waals surface area contributed by atoms with Gasteiger partial charge in [0.25, 0.3) is 5.91 Å². The fourth-order valence-corrected chi connectivity index (χ4v) is 3.51. The first-order chi connectivity index (χ1) is 11.1. The summed E-state index contributed by atoms with van der Waals surface area (Å²) in [5, 5.41) is 1.70. The van der Waals surface area contributed by atoms with Gasteiger partial charge in [-0.3, -0.25) is 4.79 Å². The van der Waals surface area contributed by atoms with Crippen LogP contribution in [0.15, 0.2) is 42.5 Å². The zero-order chi connectivity index (χ0) is 16.0. The van der Waals surface area contributed by atoms with E-state index in [2.05, 4.69) is 23.2 Å². The average Bonchev–Trinajstić information content (AvgIpc) is 2.90. The van der Waals surface area contributed by atoms with Crippen molar-refractivity contribution in [2.45, 2.75) is 19.9 Å². The number of rotatable bonds is 1. The lowest BCUT2D eigenvalue weighted by Crippen LogP contribution is -2.36. The number of H-pyrrole nitrogens is 1. The van der Waals surface area contributed by atoms with Crippen LogP contribution in [0.2, 0.25) is 5.02 Å². The summed E-state index contributed by atoms with van der Waals surface area (Å²) in [5.41, 5.74) is 5.17. The molecule has 0 bridgehead atoms. The molecule has 0 saturated carbocycles. The molecule has 0 saturated heterocycles. The van der Waals surface area contributed by atoms with Crippen molar-refractivity contribution in [1.29, 1.82) is 0 Å². The quantitative estimate of drug-likeness (QED) is 0.710. The fraction of sp³-hybridized carbons (Fsp3) is 0.211. The molecule has 1 aromatic heterocycles. The van der Waals surface area contributed by atoms with E-state index in [0.717, 1.165) is 29.4 Å². The van der Waals surface area contributed by atoms with Crippen molar-refractivity contribution in [3.05, 3.63) is 69.9 Å². The second-order valence-corrected chi connectivity index (χ2v) is 6.50. The van der Waals surface area contributed by atoms with Crippen LogP contribution < -0.4 is 0 Å². The number of halogens is 1. The lowest BCUT2D eigenvalue weighted by molar-refractivity contribution is 0.0729. The highest BCUT2D eigenvalue weighted by Crippen LogP contribution is 2.27. The molecule has 0 unspecified atom stereocenters. The lowest BCUT2D eigenvalue weighted by atomic mass is 9.99. The third kappa shape index (κ3) is 2.41. The maximum atomic E-state index is 12.9. The molecule has 0 fully saturated rings. The summed E-state index contributed by atoms with van der Waals surface area (Å²) in [4.78, 5) is 18.1. The van der Waals surface area contributed by atoms with E-state index in [-0.39, 0.29) is 5.91 Å². The van der Waals surface area contributed by atoms with Crippen LogP contribution in [0.4, 0.5) is 0 Å². The van der Waals surface area contributed by atoms with Crippen molar-refractivity contribution >= 4 is 28.4 Å². The Bertz CT molecular complexity index is 913. The van der Waals surface area contributed by atoms with Crippen LogP contribution in [0.25, 0.3) is 10.9 Å². The number of benzene rings is 2. The van der Waals surface area contributed by atoms with E-state index in [1.807, 2.05) is 36.1 Å². The molecule has 3 aromatic rings. The zero-order valence-corrected chi connectivity index (χ0v) is 13.7. The standard InChI is InChI=1S/C19H17ClN2O/c1-12-16-10-15(20)6-7-17(16)21-18(12)19(23)22-9-8-13-4-2-3-5-14(13)11-22/h2-7,10,21H,8-9,11H2,1H3. The molecule has 1 aliphatic heterocycles. The Morgan fingerprint density at radius 3 is 2.78 bits per heavy atom. The number of hydrogen-bond acceptors (Lipinski definition) is 1. The minimum atomic E-state index is 0.0596. The molecule has 1 aliphatic rings. The molecule has 1 N–H and O–H groups in total. The first-order valence-corrected chi connectivity index (χ1v) is 8.15. The highest BCUT2D eigenvalue weighted by atomic mass is 35.5. The molecule has 0 aliphatic carbocycles. The molecule has 0 radical (unpaired) electrons. The van der Waals surface area contributed by atoms with Crippen molar-refractivity contribution in [1.82, 2.24) is 9.88 Å². The summed E-state index contributed by atoms with van der Waals surface area (Å²) in [5.74, 6) is 0.0596. The van der Waals surface area contributed by atoms with E-state index in [4.69, 9.17) is 11.6 Å². The predicted molar refractivity (Wildman–Crippen MR) is 92.9 cm³/mol. The number of aromatic nitrogens is 1. The van der Waals surface area contributed by atoms with Crippen LogP contribution >= 0.6 is 11.6 Å². The van der Waals surface area contributed by atoms with E-state index in [0.29, 0.717) is 17.3 Å². The summed E-state index contributed by atoms with van der Waals surface area (Å²) >= 11 is 6.08. The molecule has 0 spiro atoms. The molecule has 4 rings (SSSR count). The average molecular weight is 325 g/mol. The Labute approximate surface area is 139 Å². The number of carbonyl (C=O) groups excluding carboxylic acids is 1. The fourth-order valence-electron chi connectivity index (χ4n) is 3.34. The number of hydrogen-bond donors (Lipinski definition) is 1. The first-order valence-electron chi connectivity index (χ1n) is 7.77. The van der Waals surface area contributed by atoms with Crippen molar-refractivity contribution in [3.8, 4) is 0 Å². The van der Waals surface area contributed by atoms with E-state index in [9.17, 15) is 4.79 Å². The van der Waals surface area contributed by atoms with Gasteiger partial charge in [-0.1, -0.05) is 35.9 Å². The van der Waals surface area contributed by atoms with E-state index in [1.54, 1.807) is 0 Å². The SMILES string of the molecule is Cc1c(C(=O)N2CCc3ccccc3C2)[nH]c2ccc(Cl)cc12. The molecule has 116 valence electrons. The van der Waals surface area contributed by atoms with Crippen LogP contribution in [0.1, 0.15) is 27.2 Å². The van der Waals surface area contributed by atoms with Gasteiger partial charge in [0, 0.05) is 29.0 Å². The van der Waals surface area contributed by atoms with Crippen molar-refractivity contribution in [2.75, 3.05) is 6.54 Å². The highest BCUT2D eigenvalue weighted by molar-refractivity contribution is 6.31. The lowest BCUT2D eigenvalue weighted by Gasteiger charge is -2.28. The monoisotopic (exact) mass is 324 g/mol. The Hall–Kier alpha value is -2.26. The number of amides is 1. The number of carbonyl (C=O) groups is 1. The number of nitrogens with one attached hydrogen (secondary N) is 1. The van der Waals surface area contributed by atoms with E-state index < -0.39 is 0 Å². The molecule has 3 nitrogen and oxygen atoms in total.